The van der Waals surface area contributed by atoms with E-state index in [0.29, 0.717) is 12.2 Å². The Morgan fingerprint density at radius 2 is 1.41 bits per heavy atom. The number of halogens is 6. The number of carbonyl (C=O) groups is 3. The van der Waals surface area contributed by atoms with Crippen molar-refractivity contribution in [3.63, 3.8) is 0 Å². The molecule has 222 valence electrons. The van der Waals surface area contributed by atoms with Crippen LogP contribution in [0.4, 0.5) is 26.3 Å². The number of pyridine rings is 1. The van der Waals surface area contributed by atoms with E-state index in [1.807, 2.05) is 48.7 Å². The van der Waals surface area contributed by atoms with Gasteiger partial charge < -0.3 is 26.0 Å². The Morgan fingerprint density at radius 1 is 0.829 bits per heavy atom. The van der Waals surface area contributed by atoms with Crippen LogP contribution in [0.25, 0.3) is 11.1 Å². The molecule has 9 nitrogen and oxygen atoms in total. The van der Waals surface area contributed by atoms with Crippen LogP contribution in [0.3, 0.4) is 0 Å². The second kappa shape index (κ2) is 16.4. The molecule has 0 aliphatic rings. The molecule has 41 heavy (non-hydrogen) atoms. The molecular formula is C26H25F6N3O6. The van der Waals surface area contributed by atoms with Gasteiger partial charge in [-0.15, -0.1) is 0 Å². The van der Waals surface area contributed by atoms with Crippen LogP contribution in [0.15, 0.2) is 73.1 Å². The lowest BCUT2D eigenvalue weighted by Gasteiger charge is -2.09. The van der Waals surface area contributed by atoms with E-state index in [4.69, 9.17) is 30.3 Å². The van der Waals surface area contributed by atoms with Crippen LogP contribution < -0.4 is 15.8 Å². The van der Waals surface area contributed by atoms with Crippen LogP contribution in [0.2, 0.25) is 0 Å². The number of benzene rings is 2. The minimum Gasteiger partial charge on any atom is -0.492 e. The highest BCUT2D eigenvalue weighted by atomic mass is 19.4. The van der Waals surface area contributed by atoms with Crippen LogP contribution >= 0.6 is 0 Å². The smallest absolute Gasteiger partial charge is 0.490 e. The van der Waals surface area contributed by atoms with Crippen molar-refractivity contribution in [2.75, 3.05) is 19.7 Å². The Balaban J connectivity index is 0.000000497. The highest BCUT2D eigenvalue weighted by Crippen LogP contribution is 2.23. The first-order chi connectivity index (χ1) is 19.1. The molecule has 0 spiro atoms. The van der Waals surface area contributed by atoms with E-state index >= 15 is 0 Å². The molecule has 1 heterocycles. The van der Waals surface area contributed by atoms with E-state index in [0.717, 1.165) is 36.4 Å². The SMILES string of the molecule is NC(=O)c1cccc(-c2ccc(OCCNCCc3cccnc3)cc2)c1.O=C(O)C(F)(F)F.O=C(O)C(F)(F)F. The van der Waals surface area contributed by atoms with Crippen LogP contribution in [0, 0.1) is 0 Å². The molecule has 0 saturated heterocycles. The van der Waals surface area contributed by atoms with Crippen molar-refractivity contribution in [2.24, 2.45) is 5.73 Å². The maximum absolute atomic E-state index is 11.3. The number of nitrogens with one attached hydrogen (secondary N) is 1. The number of carboxylic acid groups (broad SMARTS) is 2. The summed E-state index contributed by atoms with van der Waals surface area (Å²) in [6, 6.07) is 19.1. The number of rotatable bonds is 9. The number of primary amides is 1. The predicted octanol–water partition coefficient (Wildman–Crippen LogP) is 4.33. The summed E-state index contributed by atoms with van der Waals surface area (Å²) in [7, 11) is 0. The van der Waals surface area contributed by atoms with Crippen molar-refractivity contribution >= 4 is 17.8 Å². The lowest BCUT2D eigenvalue weighted by molar-refractivity contribution is -0.193. The van der Waals surface area contributed by atoms with Crippen molar-refractivity contribution in [1.82, 2.24) is 10.3 Å². The molecule has 3 rings (SSSR count). The Bertz CT molecular complexity index is 1230. The number of alkyl halides is 6. The normalized spacial score (nSPS) is 10.8. The van der Waals surface area contributed by atoms with Crippen LogP contribution in [0.5, 0.6) is 5.75 Å². The summed E-state index contributed by atoms with van der Waals surface area (Å²) in [5, 5.41) is 17.6. The van der Waals surface area contributed by atoms with E-state index in [9.17, 15) is 31.1 Å². The number of nitrogens with zero attached hydrogens (tertiary/aromatic N) is 1. The molecule has 0 radical (unpaired) electrons. The van der Waals surface area contributed by atoms with Gasteiger partial charge >= 0.3 is 24.3 Å². The van der Waals surface area contributed by atoms with Crippen LogP contribution in [0.1, 0.15) is 15.9 Å². The number of aromatic nitrogens is 1. The number of ether oxygens (including phenoxy) is 1. The van der Waals surface area contributed by atoms with Crippen molar-refractivity contribution in [1.29, 1.82) is 0 Å². The Labute approximate surface area is 229 Å². The number of hydrogen-bond donors (Lipinski definition) is 4. The fraction of sp³-hybridized carbons (Fsp3) is 0.231. The summed E-state index contributed by atoms with van der Waals surface area (Å²) >= 11 is 0. The molecule has 0 fully saturated rings. The third-order valence-corrected chi connectivity index (χ3v) is 4.68. The number of carboxylic acids is 2. The molecule has 0 aliphatic carbocycles. The van der Waals surface area contributed by atoms with Crippen molar-refractivity contribution in [3.05, 3.63) is 84.2 Å². The van der Waals surface area contributed by atoms with Crippen molar-refractivity contribution in [2.45, 2.75) is 18.8 Å². The quantitative estimate of drug-likeness (QED) is 0.213. The van der Waals surface area contributed by atoms with Crippen molar-refractivity contribution in [3.8, 4) is 16.9 Å². The van der Waals surface area contributed by atoms with Crippen molar-refractivity contribution < 1.29 is 55.7 Å². The van der Waals surface area contributed by atoms with E-state index in [1.54, 1.807) is 18.3 Å². The molecular weight excluding hydrogens is 564 g/mol. The average molecular weight is 589 g/mol. The highest BCUT2D eigenvalue weighted by molar-refractivity contribution is 5.94. The minimum absolute atomic E-state index is 0.423. The second-order valence-corrected chi connectivity index (χ2v) is 7.78. The average Bonchev–Trinajstić information content (AvgIpc) is 2.91. The van der Waals surface area contributed by atoms with Gasteiger partial charge in [0.25, 0.3) is 0 Å². The zero-order chi connectivity index (χ0) is 31.1. The Morgan fingerprint density at radius 3 is 1.90 bits per heavy atom. The standard InChI is InChI=1S/C22H23N3O2.2C2HF3O2/c23-22(26)20-5-1-4-19(15-20)18-6-8-21(9-7-18)27-14-13-24-12-10-17-3-2-11-25-16-17;2*3-2(4,5)1(6)7/h1-9,11,15-16,24H,10,12-14H2,(H2,23,26);2*(H,6,7). The summed E-state index contributed by atoms with van der Waals surface area (Å²) in [6.45, 7) is 2.27. The Hall–Kier alpha value is -4.66. The van der Waals surface area contributed by atoms with Crippen LogP contribution in [-0.2, 0) is 16.0 Å². The second-order valence-electron chi connectivity index (χ2n) is 7.78. The van der Waals surface area contributed by atoms with Crippen LogP contribution in [-0.4, -0.2) is 65.1 Å². The molecule has 1 aromatic heterocycles. The van der Waals surface area contributed by atoms with Gasteiger partial charge in [-0.2, -0.15) is 26.3 Å². The predicted molar refractivity (Wildman–Crippen MR) is 134 cm³/mol. The van der Waals surface area contributed by atoms with E-state index in [1.165, 1.54) is 5.56 Å². The first-order valence-electron chi connectivity index (χ1n) is 11.4. The molecule has 5 N–H and O–H groups in total. The van der Waals surface area contributed by atoms with Gasteiger partial charge in [-0.05, 0) is 60.0 Å². The summed E-state index contributed by atoms with van der Waals surface area (Å²) in [4.78, 5) is 33.2. The molecule has 3 aromatic rings. The highest BCUT2D eigenvalue weighted by Gasteiger charge is 2.38. The third-order valence-electron chi connectivity index (χ3n) is 4.68. The van der Waals surface area contributed by atoms with Gasteiger partial charge in [-0.3, -0.25) is 9.78 Å². The fourth-order valence-corrected chi connectivity index (χ4v) is 2.74. The fourth-order valence-electron chi connectivity index (χ4n) is 2.74. The molecule has 1 amide bonds. The zero-order valence-electron chi connectivity index (χ0n) is 21.1. The number of hydrogen-bond acceptors (Lipinski definition) is 6. The largest absolute Gasteiger partial charge is 0.492 e. The van der Waals surface area contributed by atoms with E-state index in [-0.39, 0.29) is 0 Å². The number of carbonyl (C=O) groups excluding carboxylic acids is 1. The molecule has 0 bridgehead atoms. The summed E-state index contributed by atoms with van der Waals surface area (Å²) < 4.78 is 69.2. The summed E-state index contributed by atoms with van der Waals surface area (Å²) in [5.74, 6) is -5.12. The van der Waals surface area contributed by atoms with Gasteiger partial charge in [-0.25, -0.2) is 9.59 Å². The monoisotopic (exact) mass is 589 g/mol. The first-order valence-corrected chi connectivity index (χ1v) is 11.4. The van der Waals surface area contributed by atoms with Gasteiger partial charge in [0.1, 0.15) is 12.4 Å². The first kappa shape index (κ1) is 34.4. The van der Waals surface area contributed by atoms with E-state index < -0.39 is 30.2 Å². The lowest BCUT2D eigenvalue weighted by Crippen LogP contribution is -2.23. The molecule has 2 aromatic carbocycles. The molecule has 0 aliphatic heterocycles. The van der Waals surface area contributed by atoms with Gasteiger partial charge in [-0.1, -0.05) is 30.3 Å². The van der Waals surface area contributed by atoms with Gasteiger partial charge in [0.05, 0.1) is 0 Å². The summed E-state index contributed by atoms with van der Waals surface area (Å²) in [5.41, 5.74) is 9.04. The topological polar surface area (TPSA) is 152 Å². The molecule has 0 atom stereocenters. The van der Waals surface area contributed by atoms with Gasteiger partial charge in [0.15, 0.2) is 0 Å². The summed E-state index contributed by atoms with van der Waals surface area (Å²) in [6.07, 6.45) is -5.55. The number of nitrogens with two attached hydrogens (primary N) is 1. The van der Waals surface area contributed by atoms with Gasteiger partial charge in [0.2, 0.25) is 5.91 Å². The van der Waals surface area contributed by atoms with Gasteiger partial charge in [0, 0.05) is 24.5 Å². The zero-order valence-corrected chi connectivity index (χ0v) is 21.1. The Kier molecular flexibility index (Phi) is 13.8. The minimum atomic E-state index is -5.08. The molecule has 0 unspecified atom stereocenters. The maximum atomic E-state index is 11.3. The third kappa shape index (κ3) is 14.3. The maximum Gasteiger partial charge on any atom is 0.490 e. The van der Waals surface area contributed by atoms with E-state index in [2.05, 4.69) is 16.4 Å². The lowest BCUT2D eigenvalue weighted by atomic mass is 10.0. The number of amides is 1. The number of aliphatic carboxylic acids is 2. The molecule has 0 saturated carbocycles. The molecule has 15 heteroatoms.